The zero-order valence-electron chi connectivity index (χ0n) is 5.72. The number of nitrogens with zero attached hydrogens (tertiary/aromatic N) is 2. The van der Waals surface area contributed by atoms with Crippen LogP contribution in [0.4, 0.5) is 0 Å². The molecule has 3 fully saturated rings. The van der Waals surface area contributed by atoms with Gasteiger partial charge < -0.3 is 0 Å². The fraction of sp³-hybridized carbons (Fsp3) is 1.00. The molecule has 0 atom stereocenters. The fourth-order valence-electron chi connectivity index (χ4n) is 2.35. The summed E-state index contributed by atoms with van der Waals surface area (Å²) in [5.41, 5.74) is 0. The molecular formula is C6H14N2+2. The highest BCUT2D eigenvalue weighted by atomic mass is 15.8. The van der Waals surface area contributed by atoms with Gasteiger partial charge in [-0.05, 0) is 6.92 Å². The van der Waals surface area contributed by atoms with E-state index < -0.39 is 0 Å². The zero-order chi connectivity index (χ0) is 5.83. The van der Waals surface area contributed by atoms with Crippen molar-refractivity contribution in [2.45, 2.75) is 6.92 Å². The second kappa shape index (κ2) is 0.957. The largest absolute Gasteiger partial charge is 0.225 e. The predicted octanol–water partition coefficient (Wildman–Crippen LogP) is 0.169. The van der Waals surface area contributed by atoms with Crippen molar-refractivity contribution in [2.24, 2.45) is 0 Å². The Balaban J connectivity index is 2.04. The van der Waals surface area contributed by atoms with Crippen LogP contribution in [-0.2, 0) is 0 Å². The number of rotatable bonds is 1. The van der Waals surface area contributed by atoms with Crippen molar-refractivity contribution in [3.05, 3.63) is 0 Å². The lowest BCUT2D eigenvalue weighted by atomic mass is 10.1. The average molecular weight is 114 g/mol. The van der Waals surface area contributed by atoms with Crippen LogP contribution in [0.2, 0.25) is 0 Å². The Kier molecular flexibility index (Phi) is 0.570. The second-order valence-electron chi connectivity index (χ2n) is 3.70. The van der Waals surface area contributed by atoms with Crippen molar-refractivity contribution in [1.29, 1.82) is 0 Å². The van der Waals surface area contributed by atoms with E-state index in [0.717, 1.165) is 0 Å². The Morgan fingerprint density at radius 3 is 1.88 bits per heavy atom. The first-order valence-corrected chi connectivity index (χ1v) is 3.37. The van der Waals surface area contributed by atoms with E-state index in [0.29, 0.717) is 0 Å². The SMILES string of the molecule is CC[N+]12C[N+](C)(C1)C2. The highest BCUT2D eigenvalue weighted by Crippen LogP contribution is 2.40. The molecular weight excluding hydrogens is 100 g/mol. The summed E-state index contributed by atoms with van der Waals surface area (Å²) in [6, 6.07) is 0. The predicted molar refractivity (Wildman–Crippen MR) is 31.6 cm³/mol. The molecule has 3 aliphatic heterocycles. The minimum atomic E-state index is 1.36. The molecule has 3 saturated heterocycles. The summed E-state index contributed by atoms with van der Waals surface area (Å²) in [6.45, 7) is 7.89. The van der Waals surface area contributed by atoms with Gasteiger partial charge in [0.15, 0.2) is 0 Å². The van der Waals surface area contributed by atoms with Crippen LogP contribution in [0.1, 0.15) is 6.92 Å². The minimum Gasteiger partial charge on any atom is -0.187 e. The van der Waals surface area contributed by atoms with Crippen LogP contribution in [-0.4, -0.2) is 42.6 Å². The van der Waals surface area contributed by atoms with Crippen LogP contribution in [0.25, 0.3) is 0 Å². The van der Waals surface area contributed by atoms with E-state index in [4.69, 9.17) is 0 Å². The molecule has 8 heavy (non-hydrogen) atoms. The van der Waals surface area contributed by atoms with Gasteiger partial charge in [-0.1, -0.05) is 0 Å². The van der Waals surface area contributed by atoms with Crippen LogP contribution >= 0.6 is 0 Å². The highest BCUT2D eigenvalue weighted by Gasteiger charge is 2.68. The maximum atomic E-state index is 2.34. The Morgan fingerprint density at radius 2 is 1.75 bits per heavy atom. The summed E-state index contributed by atoms with van der Waals surface area (Å²) in [5.74, 6) is 0. The third-order valence-corrected chi connectivity index (χ3v) is 2.60. The second-order valence-corrected chi connectivity index (χ2v) is 3.70. The van der Waals surface area contributed by atoms with Gasteiger partial charge in [0.2, 0.25) is 20.0 Å². The minimum absolute atomic E-state index is 1.36. The molecule has 0 aromatic rings. The van der Waals surface area contributed by atoms with Crippen LogP contribution in [0, 0.1) is 0 Å². The summed E-state index contributed by atoms with van der Waals surface area (Å²) < 4.78 is 2.77. The third kappa shape index (κ3) is 0.327. The normalized spacial score (nSPS) is 59.2. The summed E-state index contributed by atoms with van der Waals surface area (Å²) in [6.07, 6.45) is 0. The number of hydrogen-bond donors (Lipinski definition) is 0. The van der Waals surface area contributed by atoms with Crippen molar-refractivity contribution in [3.8, 4) is 0 Å². The van der Waals surface area contributed by atoms with Gasteiger partial charge in [-0.15, -0.1) is 0 Å². The van der Waals surface area contributed by atoms with E-state index in [1.807, 2.05) is 0 Å². The Labute approximate surface area is 50.5 Å². The van der Waals surface area contributed by atoms with Crippen LogP contribution < -0.4 is 0 Å². The quantitative estimate of drug-likeness (QED) is 0.426. The molecule has 0 aromatic heterocycles. The lowest BCUT2D eigenvalue weighted by Gasteiger charge is -2.66. The first-order valence-electron chi connectivity index (χ1n) is 3.37. The molecule has 2 bridgehead atoms. The standard InChI is InChI=1S/C6H14N2/c1-3-8-4-7(2,5-8)6-8/h3-6H2,1-2H3/q+2. The first kappa shape index (κ1) is 4.77. The van der Waals surface area contributed by atoms with Crippen molar-refractivity contribution < 1.29 is 8.97 Å². The maximum Gasteiger partial charge on any atom is 0.225 e. The van der Waals surface area contributed by atoms with Crippen molar-refractivity contribution >= 4 is 0 Å². The van der Waals surface area contributed by atoms with Crippen LogP contribution in [0.3, 0.4) is 0 Å². The molecule has 0 saturated carbocycles. The molecule has 3 aliphatic rings. The van der Waals surface area contributed by atoms with Gasteiger partial charge in [0, 0.05) is 0 Å². The van der Waals surface area contributed by atoms with E-state index >= 15 is 0 Å². The lowest BCUT2D eigenvalue weighted by molar-refractivity contribution is -1.42. The zero-order valence-corrected chi connectivity index (χ0v) is 5.72. The molecule has 0 radical (unpaired) electrons. The van der Waals surface area contributed by atoms with Gasteiger partial charge in [0.1, 0.15) is 0 Å². The summed E-state index contributed by atoms with van der Waals surface area (Å²) in [7, 11) is 2.34. The molecule has 3 heterocycles. The summed E-state index contributed by atoms with van der Waals surface area (Å²) >= 11 is 0. The van der Waals surface area contributed by atoms with Crippen LogP contribution in [0.15, 0.2) is 0 Å². The third-order valence-electron chi connectivity index (χ3n) is 2.60. The van der Waals surface area contributed by atoms with E-state index in [9.17, 15) is 0 Å². The van der Waals surface area contributed by atoms with Crippen molar-refractivity contribution in [1.82, 2.24) is 0 Å². The molecule has 0 unspecified atom stereocenters. The first-order chi connectivity index (χ1) is 3.68. The lowest BCUT2D eigenvalue weighted by Crippen LogP contribution is -2.93. The molecule has 3 rings (SSSR count). The Bertz CT molecular complexity index is 111. The van der Waals surface area contributed by atoms with E-state index in [1.54, 1.807) is 0 Å². The van der Waals surface area contributed by atoms with E-state index in [2.05, 4.69) is 14.0 Å². The highest BCUT2D eigenvalue weighted by molar-refractivity contribution is 4.47. The van der Waals surface area contributed by atoms with Gasteiger partial charge in [0.25, 0.3) is 0 Å². The monoisotopic (exact) mass is 114 g/mol. The molecule has 0 aromatic carbocycles. The molecule has 2 nitrogen and oxygen atoms in total. The van der Waals surface area contributed by atoms with E-state index in [1.165, 1.54) is 35.5 Å². The topological polar surface area (TPSA) is 0 Å². The summed E-state index contributed by atoms with van der Waals surface area (Å²) in [4.78, 5) is 0. The Hall–Kier alpha value is -0.0800. The van der Waals surface area contributed by atoms with Crippen LogP contribution in [0.5, 0.6) is 0 Å². The van der Waals surface area contributed by atoms with Gasteiger partial charge >= 0.3 is 0 Å². The smallest absolute Gasteiger partial charge is 0.187 e. The molecule has 0 amide bonds. The van der Waals surface area contributed by atoms with E-state index in [-0.39, 0.29) is 0 Å². The fourth-order valence-corrected chi connectivity index (χ4v) is 2.35. The molecule has 2 heteroatoms. The molecule has 0 N–H and O–H groups in total. The Morgan fingerprint density at radius 1 is 1.25 bits per heavy atom. The molecule has 0 spiro atoms. The maximum absolute atomic E-state index is 2.34. The molecule has 46 valence electrons. The van der Waals surface area contributed by atoms with Gasteiger partial charge in [0.05, 0.1) is 13.6 Å². The van der Waals surface area contributed by atoms with Gasteiger partial charge in [-0.2, -0.15) is 8.97 Å². The van der Waals surface area contributed by atoms with Gasteiger partial charge in [-0.25, -0.2) is 0 Å². The average Bonchev–Trinajstić information content (AvgIpc) is 1.55. The van der Waals surface area contributed by atoms with Crippen molar-refractivity contribution in [3.63, 3.8) is 0 Å². The van der Waals surface area contributed by atoms with Crippen molar-refractivity contribution in [2.75, 3.05) is 33.6 Å². The van der Waals surface area contributed by atoms with Gasteiger partial charge in [-0.3, -0.25) is 0 Å². The number of hydrogen-bond acceptors (Lipinski definition) is 0. The molecule has 0 aliphatic carbocycles. The number of quaternary nitrogens is 2. The summed E-state index contributed by atoms with van der Waals surface area (Å²) in [5, 5.41) is 0.